The number of alkyl halides is 3. The molecule has 132 valence electrons. The van der Waals surface area contributed by atoms with Gasteiger partial charge in [0, 0.05) is 0 Å². The highest BCUT2D eigenvalue weighted by molar-refractivity contribution is 5.78. The van der Waals surface area contributed by atoms with Gasteiger partial charge in [0.1, 0.15) is 5.75 Å². The molecule has 0 saturated heterocycles. The van der Waals surface area contributed by atoms with Gasteiger partial charge in [0.25, 0.3) is 5.91 Å². The van der Waals surface area contributed by atoms with E-state index in [-0.39, 0.29) is 24.3 Å². The summed E-state index contributed by atoms with van der Waals surface area (Å²) in [4.78, 5) is 12.1. The molecule has 0 spiro atoms. The molecule has 0 bridgehead atoms. The number of ether oxygens (including phenoxy) is 1. The number of hydrogen-bond acceptors (Lipinski definition) is 2. The van der Waals surface area contributed by atoms with E-state index in [0.29, 0.717) is 5.92 Å². The second-order valence-corrected chi connectivity index (χ2v) is 6.10. The van der Waals surface area contributed by atoms with E-state index >= 15 is 0 Å². The molecule has 6 heteroatoms. The third-order valence-corrected chi connectivity index (χ3v) is 4.12. The summed E-state index contributed by atoms with van der Waals surface area (Å²) in [6, 6.07) is 14.0. The number of nitrogens with one attached hydrogen (secondary N) is 1. The zero-order valence-corrected chi connectivity index (χ0v) is 13.4. The van der Waals surface area contributed by atoms with Crippen LogP contribution in [0, 0.1) is 5.92 Å². The Morgan fingerprint density at radius 3 is 2.28 bits per heavy atom. The first kappa shape index (κ1) is 17.3. The normalized spacial score (nSPS) is 15.5. The van der Waals surface area contributed by atoms with Gasteiger partial charge in [-0.25, -0.2) is 0 Å². The van der Waals surface area contributed by atoms with Gasteiger partial charge < -0.3 is 10.1 Å². The van der Waals surface area contributed by atoms with Crippen LogP contribution in [0.2, 0.25) is 0 Å². The minimum Gasteiger partial charge on any atom is -0.484 e. The Kier molecular flexibility index (Phi) is 4.97. The van der Waals surface area contributed by atoms with E-state index in [9.17, 15) is 18.0 Å². The number of rotatable bonds is 6. The fraction of sp³-hybridized carbons (Fsp3) is 0.316. The maximum atomic E-state index is 12.5. The molecule has 1 amide bonds. The van der Waals surface area contributed by atoms with Crippen molar-refractivity contribution < 1.29 is 22.7 Å². The van der Waals surface area contributed by atoms with E-state index in [1.807, 2.05) is 30.3 Å². The average Bonchev–Trinajstić information content (AvgIpc) is 3.43. The molecule has 25 heavy (non-hydrogen) atoms. The molecule has 1 saturated carbocycles. The Morgan fingerprint density at radius 1 is 1.08 bits per heavy atom. The van der Waals surface area contributed by atoms with E-state index in [2.05, 4.69) is 5.32 Å². The molecule has 3 nitrogen and oxygen atoms in total. The average molecular weight is 349 g/mol. The monoisotopic (exact) mass is 349 g/mol. The minimum absolute atomic E-state index is 0.0510. The standard InChI is InChI=1S/C19H18F3NO2/c20-19(21,22)15-8-10-16(11-9-15)25-12-17(24)23-18(14-6-7-14)13-4-2-1-3-5-13/h1-5,8-11,14,18H,6-7,12H2,(H,23,24). The van der Waals surface area contributed by atoms with Gasteiger partial charge in [-0.15, -0.1) is 0 Å². The van der Waals surface area contributed by atoms with Gasteiger partial charge in [-0.1, -0.05) is 30.3 Å². The lowest BCUT2D eigenvalue weighted by molar-refractivity contribution is -0.137. The highest BCUT2D eigenvalue weighted by Crippen LogP contribution is 2.40. The molecule has 0 radical (unpaired) electrons. The summed E-state index contributed by atoms with van der Waals surface area (Å²) in [6.07, 6.45) is -2.25. The van der Waals surface area contributed by atoms with Crippen molar-refractivity contribution in [1.29, 1.82) is 0 Å². The third-order valence-electron chi connectivity index (χ3n) is 4.12. The molecule has 1 N–H and O–H groups in total. The lowest BCUT2D eigenvalue weighted by atomic mass is 10.0. The number of amides is 1. The first-order chi connectivity index (χ1) is 11.9. The van der Waals surface area contributed by atoms with Crippen molar-refractivity contribution in [2.45, 2.75) is 25.1 Å². The van der Waals surface area contributed by atoms with Gasteiger partial charge in [-0.05, 0) is 48.6 Å². The predicted octanol–water partition coefficient (Wildman–Crippen LogP) is 4.35. The number of benzene rings is 2. The Labute approximate surface area is 143 Å². The summed E-state index contributed by atoms with van der Waals surface area (Å²) in [5, 5.41) is 2.96. The van der Waals surface area contributed by atoms with Gasteiger partial charge in [0.2, 0.25) is 0 Å². The molecule has 1 aliphatic rings. The van der Waals surface area contributed by atoms with Gasteiger partial charge >= 0.3 is 6.18 Å². The predicted molar refractivity (Wildman–Crippen MR) is 87.0 cm³/mol. The Balaban J connectivity index is 1.55. The second-order valence-electron chi connectivity index (χ2n) is 6.10. The van der Waals surface area contributed by atoms with Crippen LogP contribution >= 0.6 is 0 Å². The summed E-state index contributed by atoms with van der Waals surface area (Å²) in [6.45, 7) is -0.235. The second kappa shape index (κ2) is 7.17. The largest absolute Gasteiger partial charge is 0.484 e. The zero-order chi connectivity index (χ0) is 17.9. The molecule has 1 atom stereocenters. The maximum Gasteiger partial charge on any atom is 0.416 e. The Hall–Kier alpha value is -2.50. The van der Waals surface area contributed by atoms with E-state index in [1.165, 1.54) is 12.1 Å². The number of halogens is 3. The van der Waals surface area contributed by atoms with Gasteiger partial charge in [-0.3, -0.25) is 4.79 Å². The van der Waals surface area contributed by atoms with Gasteiger partial charge in [0.05, 0.1) is 11.6 Å². The van der Waals surface area contributed by atoms with Crippen molar-refractivity contribution in [2.24, 2.45) is 5.92 Å². The summed E-state index contributed by atoms with van der Waals surface area (Å²) in [5.41, 5.74) is 0.301. The summed E-state index contributed by atoms with van der Waals surface area (Å²) in [7, 11) is 0. The first-order valence-electron chi connectivity index (χ1n) is 8.08. The van der Waals surface area contributed by atoms with Crippen LogP contribution in [0.5, 0.6) is 5.75 Å². The lowest BCUT2D eigenvalue weighted by Gasteiger charge is -2.19. The van der Waals surface area contributed by atoms with Crippen molar-refractivity contribution in [1.82, 2.24) is 5.32 Å². The molecule has 0 heterocycles. The highest BCUT2D eigenvalue weighted by Gasteiger charge is 2.33. The molecule has 0 aromatic heterocycles. The molecular formula is C19H18F3NO2. The quantitative estimate of drug-likeness (QED) is 0.842. The highest BCUT2D eigenvalue weighted by atomic mass is 19.4. The van der Waals surface area contributed by atoms with E-state index in [0.717, 1.165) is 30.5 Å². The van der Waals surface area contributed by atoms with Crippen LogP contribution in [0.3, 0.4) is 0 Å². The summed E-state index contributed by atoms with van der Waals surface area (Å²) >= 11 is 0. The Morgan fingerprint density at radius 2 is 1.72 bits per heavy atom. The SMILES string of the molecule is O=C(COc1ccc(C(F)(F)F)cc1)NC(c1ccccc1)C1CC1. The van der Waals surface area contributed by atoms with Gasteiger partial charge in [0.15, 0.2) is 6.61 Å². The Bertz CT molecular complexity index is 710. The maximum absolute atomic E-state index is 12.5. The smallest absolute Gasteiger partial charge is 0.416 e. The van der Waals surface area contributed by atoms with E-state index in [1.54, 1.807) is 0 Å². The fourth-order valence-electron chi connectivity index (χ4n) is 2.67. The molecule has 1 unspecified atom stereocenters. The van der Waals surface area contributed by atoms with Crippen LogP contribution in [-0.2, 0) is 11.0 Å². The molecule has 2 aromatic carbocycles. The lowest BCUT2D eigenvalue weighted by Crippen LogP contribution is -2.33. The molecular weight excluding hydrogens is 331 g/mol. The van der Waals surface area contributed by atoms with Gasteiger partial charge in [-0.2, -0.15) is 13.2 Å². The fourth-order valence-corrected chi connectivity index (χ4v) is 2.67. The van der Waals surface area contributed by atoms with E-state index in [4.69, 9.17) is 4.74 Å². The molecule has 2 aromatic rings. The molecule has 1 aliphatic carbocycles. The molecule has 3 rings (SSSR count). The number of hydrogen-bond donors (Lipinski definition) is 1. The van der Waals surface area contributed by atoms with Crippen molar-refractivity contribution in [3.63, 3.8) is 0 Å². The van der Waals surface area contributed by atoms with Crippen molar-refractivity contribution in [3.8, 4) is 5.75 Å². The van der Waals surface area contributed by atoms with Crippen LogP contribution in [0.1, 0.15) is 30.0 Å². The van der Waals surface area contributed by atoms with Crippen LogP contribution in [-0.4, -0.2) is 12.5 Å². The van der Waals surface area contributed by atoms with Crippen LogP contribution < -0.4 is 10.1 Å². The molecule has 0 aliphatic heterocycles. The van der Waals surface area contributed by atoms with Crippen molar-refractivity contribution in [2.75, 3.05) is 6.61 Å². The van der Waals surface area contributed by atoms with Crippen molar-refractivity contribution in [3.05, 3.63) is 65.7 Å². The minimum atomic E-state index is -4.39. The van der Waals surface area contributed by atoms with E-state index < -0.39 is 11.7 Å². The third kappa shape index (κ3) is 4.75. The van der Waals surface area contributed by atoms with Crippen LogP contribution in [0.4, 0.5) is 13.2 Å². The van der Waals surface area contributed by atoms with Crippen LogP contribution in [0.25, 0.3) is 0 Å². The number of carbonyl (C=O) groups excluding carboxylic acids is 1. The number of carbonyl (C=O) groups is 1. The van der Waals surface area contributed by atoms with Crippen LogP contribution in [0.15, 0.2) is 54.6 Å². The molecule has 1 fully saturated rings. The first-order valence-corrected chi connectivity index (χ1v) is 8.08. The topological polar surface area (TPSA) is 38.3 Å². The summed E-state index contributed by atoms with van der Waals surface area (Å²) in [5.74, 6) is 0.365. The zero-order valence-electron chi connectivity index (χ0n) is 13.4. The summed E-state index contributed by atoms with van der Waals surface area (Å²) < 4.78 is 42.8. The van der Waals surface area contributed by atoms with Crippen molar-refractivity contribution >= 4 is 5.91 Å².